The van der Waals surface area contributed by atoms with E-state index < -0.39 is 0 Å². The van der Waals surface area contributed by atoms with Gasteiger partial charge in [0, 0.05) is 18.0 Å². The summed E-state index contributed by atoms with van der Waals surface area (Å²) in [6.07, 6.45) is 0.321. The second-order valence-electron chi connectivity index (χ2n) is 5.02. The Hall–Kier alpha value is -1.06. The standard InChI is InChI=1S/C13H20N2O.ClH/c1-13(2,3)15-12(16)9-11(14)10-7-5-4-6-8-10;/h4-8,11H,9,14H2,1-3H3,(H,15,16);1H. The van der Waals surface area contributed by atoms with Crippen LogP contribution in [0, 0.1) is 0 Å². The van der Waals surface area contributed by atoms with Crippen LogP contribution in [-0.2, 0) is 4.79 Å². The first kappa shape index (κ1) is 15.9. The molecular weight excluding hydrogens is 236 g/mol. The third-order valence-electron chi connectivity index (χ3n) is 2.15. The Morgan fingerprint density at radius 2 is 1.82 bits per heavy atom. The maximum absolute atomic E-state index is 11.7. The van der Waals surface area contributed by atoms with E-state index in [0.29, 0.717) is 6.42 Å². The molecule has 0 spiro atoms. The third kappa shape index (κ3) is 6.29. The summed E-state index contributed by atoms with van der Waals surface area (Å²) in [7, 11) is 0. The van der Waals surface area contributed by atoms with E-state index >= 15 is 0 Å². The Labute approximate surface area is 109 Å². The lowest BCUT2D eigenvalue weighted by Gasteiger charge is -2.22. The highest BCUT2D eigenvalue weighted by Crippen LogP contribution is 2.13. The minimum Gasteiger partial charge on any atom is -0.351 e. The van der Waals surface area contributed by atoms with Gasteiger partial charge in [0.15, 0.2) is 0 Å². The molecule has 0 radical (unpaired) electrons. The van der Waals surface area contributed by atoms with E-state index in [0.717, 1.165) is 5.56 Å². The smallest absolute Gasteiger partial charge is 0.222 e. The number of hydrogen-bond acceptors (Lipinski definition) is 2. The monoisotopic (exact) mass is 256 g/mol. The fourth-order valence-electron chi connectivity index (χ4n) is 1.49. The molecule has 3 N–H and O–H groups in total. The number of carbonyl (C=O) groups excluding carboxylic acids is 1. The summed E-state index contributed by atoms with van der Waals surface area (Å²) in [6, 6.07) is 9.44. The average Bonchev–Trinajstić information content (AvgIpc) is 2.16. The van der Waals surface area contributed by atoms with Crippen LogP contribution in [0.15, 0.2) is 30.3 Å². The van der Waals surface area contributed by atoms with Gasteiger partial charge < -0.3 is 11.1 Å². The summed E-state index contributed by atoms with van der Waals surface area (Å²) in [5.74, 6) is -0.0103. The van der Waals surface area contributed by atoms with Gasteiger partial charge in [0.05, 0.1) is 0 Å². The van der Waals surface area contributed by atoms with Crippen molar-refractivity contribution in [1.29, 1.82) is 0 Å². The molecule has 96 valence electrons. The molecule has 1 atom stereocenters. The molecule has 17 heavy (non-hydrogen) atoms. The van der Waals surface area contributed by atoms with Crippen LogP contribution < -0.4 is 11.1 Å². The zero-order valence-electron chi connectivity index (χ0n) is 10.6. The molecule has 0 aliphatic heterocycles. The molecular formula is C13H21ClN2O. The molecule has 1 aromatic rings. The largest absolute Gasteiger partial charge is 0.351 e. The molecule has 4 heteroatoms. The average molecular weight is 257 g/mol. The molecule has 0 aromatic heterocycles. The first-order valence-corrected chi connectivity index (χ1v) is 5.50. The van der Waals surface area contributed by atoms with Gasteiger partial charge in [0.2, 0.25) is 5.91 Å². The fraction of sp³-hybridized carbons (Fsp3) is 0.462. The van der Waals surface area contributed by atoms with Gasteiger partial charge in [-0.25, -0.2) is 0 Å². The van der Waals surface area contributed by atoms with Crippen molar-refractivity contribution in [1.82, 2.24) is 5.32 Å². The number of rotatable bonds is 3. The van der Waals surface area contributed by atoms with Gasteiger partial charge in [-0.05, 0) is 26.3 Å². The first-order valence-electron chi connectivity index (χ1n) is 5.50. The van der Waals surface area contributed by atoms with Crippen molar-refractivity contribution in [2.75, 3.05) is 0 Å². The SMILES string of the molecule is CC(C)(C)NC(=O)CC(N)c1ccccc1.Cl. The van der Waals surface area contributed by atoms with Gasteiger partial charge in [-0.15, -0.1) is 12.4 Å². The molecule has 0 heterocycles. The van der Waals surface area contributed by atoms with E-state index in [9.17, 15) is 4.79 Å². The topological polar surface area (TPSA) is 55.1 Å². The van der Waals surface area contributed by atoms with E-state index in [1.54, 1.807) is 0 Å². The Morgan fingerprint density at radius 1 is 1.29 bits per heavy atom. The van der Waals surface area contributed by atoms with Crippen LogP contribution in [-0.4, -0.2) is 11.4 Å². The number of nitrogens with one attached hydrogen (secondary N) is 1. The molecule has 1 unspecified atom stereocenters. The fourth-order valence-corrected chi connectivity index (χ4v) is 1.49. The normalized spacial score (nSPS) is 12.5. The second-order valence-corrected chi connectivity index (χ2v) is 5.02. The number of benzene rings is 1. The number of carbonyl (C=O) groups is 1. The first-order chi connectivity index (χ1) is 7.38. The molecule has 1 amide bonds. The molecule has 0 saturated heterocycles. The summed E-state index contributed by atoms with van der Waals surface area (Å²) in [5.41, 5.74) is 6.75. The van der Waals surface area contributed by atoms with Crippen molar-refractivity contribution in [2.45, 2.75) is 38.8 Å². The second kappa shape index (κ2) is 6.62. The van der Waals surface area contributed by atoms with Crippen LogP contribution in [0.3, 0.4) is 0 Å². The van der Waals surface area contributed by atoms with Crippen LogP contribution in [0.4, 0.5) is 0 Å². The molecule has 1 aromatic carbocycles. The molecule has 0 aliphatic rings. The van der Waals surface area contributed by atoms with Crippen molar-refractivity contribution >= 4 is 18.3 Å². The zero-order valence-corrected chi connectivity index (χ0v) is 11.4. The number of hydrogen-bond donors (Lipinski definition) is 2. The molecule has 0 saturated carbocycles. The van der Waals surface area contributed by atoms with Crippen LogP contribution in [0.5, 0.6) is 0 Å². The minimum atomic E-state index is -0.233. The molecule has 0 bridgehead atoms. The van der Waals surface area contributed by atoms with Gasteiger partial charge in [0.25, 0.3) is 0 Å². The zero-order chi connectivity index (χ0) is 12.2. The number of nitrogens with two attached hydrogens (primary N) is 1. The summed E-state index contributed by atoms with van der Waals surface area (Å²) in [6.45, 7) is 5.87. The van der Waals surface area contributed by atoms with Crippen molar-refractivity contribution in [3.8, 4) is 0 Å². The van der Waals surface area contributed by atoms with E-state index in [1.165, 1.54) is 0 Å². The van der Waals surface area contributed by atoms with Crippen LogP contribution in [0.2, 0.25) is 0 Å². The van der Waals surface area contributed by atoms with E-state index in [2.05, 4.69) is 5.32 Å². The van der Waals surface area contributed by atoms with E-state index in [-0.39, 0.29) is 29.9 Å². The van der Waals surface area contributed by atoms with Gasteiger partial charge in [-0.2, -0.15) is 0 Å². The van der Waals surface area contributed by atoms with Gasteiger partial charge in [0.1, 0.15) is 0 Å². The minimum absolute atomic E-state index is 0. The van der Waals surface area contributed by atoms with E-state index in [4.69, 9.17) is 5.73 Å². The van der Waals surface area contributed by atoms with Gasteiger partial charge in [-0.3, -0.25) is 4.79 Å². The highest BCUT2D eigenvalue weighted by molar-refractivity contribution is 5.85. The summed E-state index contributed by atoms with van der Waals surface area (Å²) in [4.78, 5) is 11.7. The van der Waals surface area contributed by atoms with Crippen molar-refractivity contribution < 1.29 is 4.79 Å². The Kier molecular flexibility index (Phi) is 6.21. The number of amides is 1. The predicted molar refractivity (Wildman–Crippen MR) is 73.1 cm³/mol. The van der Waals surface area contributed by atoms with Crippen LogP contribution in [0.25, 0.3) is 0 Å². The summed E-state index contributed by atoms with van der Waals surface area (Å²) < 4.78 is 0. The van der Waals surface area contributed by atoms with Crippen molar-refractivity contribution in [3.63, 3.8) is 0 Å². The lowest BCUT2D eigenvalue weighted by molar-refractivity contribution is -0.122. The maximum atomic E-state index is 11.7. The highest BCUT2D eigenvalue weighted by atomic mass is 35.5. The van der Waals surface area contributed by atoms with Gasteiger partial charge >= 0.3 is 0 Å². The summed E-state index contributed by atoms with van der Waals surface area (Å²) >= 11 is 0. The molecule has 0 fully saturated rings. The molecule has 1 rings (SSSR count). The molecule has 3 nitrogen and oxygen atoms in total. The third-order valence-corrected chi connectivity index (χ3v) is 2.15. The van der Waals surface area contributed by atoms with Crippen molar-refractivity contribution in [2.24, 2.45) is 5.73 Å². The van der Waals surface area contributed by atoms with Crippen LogP contribution in [0.1, 0.15) is 38.8 Å². The lowest BCUT2D eigenvalue weighted by atomic mass is 10.0. The predicted octanol–water partition coefficient (Wildman–Crippen LogP) is 2.41. The lowest BCUT2D eigenvalue weighted by Crippen LogP contribution is -2.41. The Bertz CT molecular complexity index is 346. The highest BCUT2D eigenvalue weighted by Gasteiger charge is 2.16. The van der Waals surface area contributed by atoms with Gasteiger partial charge in [-0.1, -0.05) is 30.3 Å². The maximum Gasteiger partial charge on any atom is 0.222 e. The van der Waals surface area contributed by atoms with Crippen molar-refractivity contribution in [3.05, 3.63) is 35.9 Å². The Morgan fingerprint density at radius 3 is 2.29 bits per heavy atom. The van der Waals surface area contributed by atoms with Crippen LogP contribution >= 0.6 is 12.4 Å². The Balaban J connectivity index is 0.00000256. The number of halogens is 1. The van der Waals surface area contributed by atoms with E-state index in [1.807, 2.05) is 51.1 Å². The summed E-state index contributed by atoms with van der Waals surface area (Å²) in [5, 5.41) is 2.90. The molecule has 0 aliphatic carbocycles. The quantitative estimate of drug-likeness (QED) is 0.873.